The minimum absolute atomic E-state index is 0.248. The van der Waals surface area contributed by atoms with Gasteiger partial charge in [-0.25, -0.2) is 4.79 Å². The number of nitrogens with one attached hydrogen (secondary N) is 1. The van der Waals surface area contributed by atoms with Gasteiger partial charge in [0.25, 0.3) is 0 Å². The molecule has 0 aromatic rings. The van der Waals surface area contributed by atoms with Crippen LogP contribution < -0.4 is 5.32 Å². The van der Waals surface area contributed by atoms with Crippen molar-refractivity contribution in [1.29, 1.82) is 0 Å². The molecule has 0 saturated heterocycles. The van der Waals surface area contributed by atoms with E-state index in [0.29, 0.717) is 12.8 Å². The number of carboxylic acid groups (broad SMARTS) is 1. The van der Waals surface area contributed by atoms with Crippen molar-refractivity contribution in [1.82, 2.24) is 5.32 Å². The molecule has 1 aliphatic rings. The normalized spacial score (nSPS) is 26.9. The minimum Gasteiger partial charge on any atom is -0.481 e. The van der Waals surface area contributed by atoms with E-state index in [0.717, 1.165) is 6.42 Å². The summed E-state index contributed by atoms with van der Waals surface area (Å²) in [4.78, 5) is 34.9. The molecule has 0 aromatic heterocycles. The standard InChI is InChI=1S/C14H23NO5/c1-4-9-6-10(11(7-9)13(17)18)12(16)15-8(3)14(19)20-5-2/h8-11H,4-7H2,1-3H3,(H,15,16)(H,17,18). The third-order valence-electron chi connectivity index (χ3n) is 3.89. The lowest BCUT2D eigenvalue weighted by Gasteiger charge is -2.18. The molecule has 6 heteroatoms. The Bertz CT molecular complexity index is 382. The molecule has 0 spiro atoms. The lowest BCUT2D eigenvalue weighted by Crippen LogP contribution is -2.44. The predicted octanol–water partition coefficient (Wildman–Crippen LogP) is 1.19. The average Bonchev–Trinajstić information content (AvgIpc) is 2.83. The summed E-state index contributed by atoms with van der Waals surface area (Å²) in [5, 5.41) is 11.8. The highest BCUT2D eigenvalue weighted by Gasteiger charge is 2.42. The smallest absolute Gasteiger partial charge is 0.328 e. The first-order chi connectivity index (χ1) is 9.40. The molecule has 1 amide bonds. The number of carbonyl (C=O) groups excluding carboxylic acids is 2. The predicted molar refractivity (Wildman–Crippen MR) is 71.9 cm³/mol. The molecule has 0 aliphatic heterocycles. The Kier molecular flexibility index (Phi) is 5.98. The maximum absolute atomic E-state index is 12.2. The van der Waals surface area contributed by atoms with Crippen molar-refractivity contribution in [2.24, 2.45) is 17.8 Å². The molecule has 1 saturated carbocycles. The number of hydrogen-bond acceptors (Lipinski definition) is 4. The Morgan fingerprint density at radius 3 is 2.35 bits per heavy atom. The van der Waals surface area contributed by atoms with Gasteiger partial charge in [-0.1, -0.05) is 13.3 Å². The molecule has 4 unspecified atom stereocenters. The fourth-order valence-electron chi connectivity index (χ4n) is 2.69. The second kappa shape index (κ2) is 7.26. The largest absolute Gasteiger partial charge is 0.481 e. The molecular formula is C14H23NO5. The van der Waals surface area contributed by atoms with E-state index in [1.54, 1.807) is 6.92 Å². The second-order valence-corrected chi connectivity index (χ2v) is 5.28. The molecule has 20 heavy (non-hydrogen) atoms. The highest BCUT2D eigenvalue weighted by Crippen LogP contribution is 2.38. The van der Waals surface area contributed by atoms with Crippen molar-refractivity contribution in [3.05, 3.63) is 0 Å². The second-order valence-electron chi connectivity index (χ2n) is 5.28. The molecule has 6 nitrogen and oxygen atoms in total. The van der Waals surface area contributed by atoms with E-state index in [1.807, 2.05) is 6.92 Å². The molecule has 0 heterocycles. The summed E-state index contributed by atoms with van der Waals surface area (Å²) in [5.41, 5.74) is 0. The zero-order valence-electron chi connectivity index (χ0n) is 12.2. The van der Waals surface area contributed by atoms with Crippen LogP contribution in [0.25, 0.3) is 0 Å². The van der Waals surface area contributed by atoms with Gasteiger partial charge in [-0.15, -0.1) is 0 Å². The summed E-state index contributed by atoms with van der Waals surface area (Å²) in [7, 11) is 0. The number of carbonyl (C=O) groups is 3. The van der Waals surface area contributed by atoms with Crippen molar-refractivity contribution in [3.63, 3.8) is 0 Å². The quantitative estimate of drug-likeness (QED) is 0.715. The minimum atomic E-state index is -0.940. The summed E-state index contributed by atoms with van der Waals surface area (Å²) in [5.74, 6) is -2.77. The van der Waals surface area contributed by atoms with E-state index in [4.69, 9.17) is 4.74 Å². The Balaban J connectivity index is 2.65. The number of rotatable bonds is 6. The molecule has 2 N–H and O–H groups in total. The van der Waals surface area contributed by atoms with Gasteiger partial charge in [-0.3, -0.25) is 9.59 Å². The van der Waals surface area contributed by atoms with E-state index < -0.39 is 29.8 Å². The molecule has 0 bridgehead atoms. The SMILES string of the molecule is CCOC(=O)C(C)NC(=O)C1CC(CC)CC1C(=O)O. The van der Waals surface area contributed by atoms with Crippen LogP contribution in [0.4, 0.5) is 0 Å². The summed E-state index contributed by atoms with van der Waals surface area (Å²) in [6.45, 7) is 5.47. The number of carboxylic acids is 1. The van der Waals surface area contributed by atoms with E-state index in [-0.39, 0.29) is 18.4 Å². The first-order valence-corrected chi connectivity index (χ1v) is 7.10. The van der Waals surface area contributed by atoms with E-state index in [1.165, 1.54) is 6.92 Å². The van der Waals surface area contributed by atoms with Gasteiger partial charge in [0.2, 0.25) is 5.91 Å². The van der Waals surface area contributed by atoms with Gasteiger partial charge >= 0.3 is 11.9 Å². The fraction of sp³-hybridized carbons (Fsp3) is 0.786. The van der Waals surface area contributed by atoms with Crippen LogP contribution in [0.2, 0.25) is 0 Å². The lowest BCUT2D eigenvalue weighted by molar-refractivity contribution is -0.149. The molecule has 0 radical (unpaired) electrons. The van der Waals surface area contributed by atoms with Gasteiger partial charge in [-0.2, -0.15) is 0 Å². The van der Waals surface area contributed by atoms with Crippen molar-refractivity contribution < 1.29 is 24.2 Å². The molecule has 1 rings (SSSR count). The highest BCUT2D eigenvalue weighted by atomic mass is 16.5. The van der Waals surface area contributed by atoms with Crippen molar-refractivity contribution >= 4 is 17.8 Å². The number of hydrogen-bond donors (Lipinski definition) is 2. The maximum Gasteiger partial charge on any atom is 0.328 e. The Morgan fingerprint density at radius 1 is 1.25 bits per heavy atom. The summed E-state index contributed by atoms with van der Waals surface area (Å²) in [6.07, 6.45) is 1.95. The Labute approximate surface area is 118 Å². The third kappa shape index (κ3) is 3.95. The molecule has 4 atom stereocenters. The topological polar surface area (TPSA) is 92.7 Å². The summed E-state index contributed by atoms with van der Waals surface area (Å²) >= 11 is 0. The Hall–Kier alpha value is -1.59. The van der Waals surface area contributed by atoms with Gasteiger partial charge in [0.15, 0.2) is 0 Å². The van der Waals surface area contributed by atoms with Gasteiger partial charge in [0.1, 0.15) is 6.04 Å². The van der Waals surface area contributed by atoms with Crippen LogP contribution in [0.5, 0.6) is 0 Å². The van der Waals surface area contributed by atoms with Crippen LogP contribution in [-0.4, -0.2) is 35.6 Å². The van der Waals surface area contributed by atoms with E-state index in [2.05, 4.69) is 5.32 Å². The Morgan fingerprint density at radius 2 is 1.85 bits per heavy atom. The average molecular weight is 285 g/mol. The third-order valence-corrected chi connectivity index (χ3v) is 3.89. The van der Waals surface area contributed by atoms with Crippen LogP contribution in [-0.2, 0) is 19.1 Å². The monoisotopic (exact) mass is 285 g/mol. The number of amides is 1. The number of ether oxygens (including phenoxy) is 1. The van der Waals surface area contributed by atoms with Crippen molar-refractivity contribution in [2.45, 2.75) is 46.1 Å². The van der Waals surface area contributed by atoms with Crippen molar-refractivity contribution in [2.75, 3.05) is 6.61 Å². The van der Waals surface area contributed by atoms with Crippen molar-refractivity contribution in [3.8, 4) is 0 Å². The van der Waals surface area contributed by atoms with Crippen LogP contribution in [0.3, 0.4) is 0 Å². The zero-order valence-corrected chi connectivity index (χ0v) is 12.2. The first kappa shape index (κ1) is 16.5. The number of esters is 1. The van der Waals surface area contributed by atoms with Crippen LogP contribution in [0.15, 0.2) is 0 Å². The zero-order chi connectivity index (χ0) is 15.3. The molecule has 1 aliphatic carbocycles. The van der Waals surface area contributed by atoms with E-state index >= 15 is 0 Å². The molecule has 114 valence electrons. The molecule has 1 fully saturated rings. The van der Waals surface area contributed by atoms with Crippen LogP contribution >= 0.6 is 0 Å². The highest BCUT2D eigenvalue weighted by molar-refractivity contribution is 5.88. The molecular weight excluding hydrogens is 262 g/mol. The molecule has 0 aromatic carbocycles. The van der Waals surface area contributed by atoms with Gasteiger partial charge < -0.3 is 15.2 Å². The van der Waals surface area contributed by atoms with Crippen LogP contribution in [0, 0.1) is 17.8 Å². The summed E-state index contributed by atoms with van der Waals surface area (Å²) in [6, 6.07) is -0.752. The first-order valence-electron chi connectivity index (χ1n) is 7.10. The van der Waals surface area contributed by atoms with Gasteiger partial charge in [0, 0.05) is 0 Å². The maximum atomic E-state index is 12.2. The van der Waals surface area contributed by atoms with E-state index in [9.17, 15) is 19.5 Å². The van der Waals surface area contributed by atoms with Gasteiger partial charge in [0.05, 0.1) is 18.4 Å². The number of aliphatic carboxylic acids is 1. The fourth-order valence-corrected chi connectivity index (χ4v) is 2.69. The summed E-state index contributed by atoms with van der Waals surface area (Å²) < 4.78 is 4.81. The lowest BCUT2D eigenvalue weighted by atomic mass is 9.95. The van der Waals surface area contributed by atoms with Crippen LogP contribution in [0.1, 0.15) is 40.0 Å². The van der Waals surface area contributed by atoms with Gasteiger partial charge in [-0.05, 0) is 32.6 Å².